The molecule has 0 amide bonds. The lowest BCUT2D eigenvalue weighted by Gasteiger charge is -2.17. The molecule has 190 valence electrons. The normalized spacial score (nSPS) is 11.4. The molecule has 0 atom stereocenters. The van der Waals surface area contributed by atoms with Crippen LogP contribution in [-0.4, -0.2) is 38.7 Å². The second-order valence-electron chi connectivity index (χ2n) is 8.96. The van der Waals surface area contributed by atoms with E-state index in [1.165, 1.54) is 15.6 Å². The summed E-state index contributed by atoms with van der Waals surface area (Å²) in [6, 6.07) is 17.3. The van der Waals surface area contributed by atoms with Crippen LogP contribution in [0.2, 0.25) is 5.02 Å². The minimum absolute atomic E-state index is 0.0725. The van der Waals surface area contributed by atoms with Crippen molar-refractivity contribution in [1.82, 2.24) is 38.7 Å². The Balaban J connectivity index is 1.50. The third-order valence-electron chi connectivity index (χ3n) is 6.26. The van der Waals surface area contributed by atoms with Gasteiger partial charge in [0, 0.05) is 25.7 Å². The summed E-state index contributed by atoms with van der Waals surface area (Å²) in [5, 5.41) is 15.0. The number of hydrogen-bond donors (Lipinski definition) is 1. The number of nitrogens with one attached hydrogen (secondary N) is 1. The Labute approximate surface area is 220 Å². The van der Waals surface area contributed by atoms with E-state index >= 15 is 0 Å². The van der Waals surface area contributed by atoms with Crippen LogP contribution >= 0.6 is 11.6 Å². The molecule has 3 aromatic heterocycles. The van der Waals surface area contributed by atoms with E-state index in [1.807, 2.05) is 61.8 Å². The van der Waals surface area contributed by atoms with Crippen LogP contribution in [0.15, 0.2) is 76.7 Å². The predicted molar refractivity (Wildman–Crippen MR) is 145 cm³/mol. The molecule has 0 bridgehead atoms. The van der Waals surface area contributed by atoms with E-state index in [1.54, 1.807) is 17.8 Å². The first-order valence-corrected chi connectivity index (χ1v) is 12.2. The van der Waals surface area contributed by atoms with Crippen molar-refractivity contribution in [2.45, 2.75) is 13.1 Å². The van der Waals surface area contributed by atoms with Gasteiger partial charge >= 0.3 is 11.4 Å². The van der Waals surface area contributed by atoms with Crippen molar-refractivity contribution in [3.8, 4) is 0 Å². The first kappa shape index (κ1) is 23.6. The quantitative estimate of drug-likeness (QED) is 0.353. The molecule has 0 spiro atoms. The summed E-state index contributed by atoms with van der Waals surface area (Å²) in [4.78, 5) is 35.3. The smallest absolute Gasteiger partial charge is 0.324 e. The average molecular weight is 528 g/mol. The molecule has 0 fully saturated rings. The van der Waals surface area contributed by atoms with Crippen molar-refractivity contribution >= 4 is 44.9 Å². The molecule has 0 aliphatic carbocycles. The van der Waals surface area contributed by atoms with Gasteiger partial charge in [-0.1, -0.05) is 54.1 Å². The lowest BCUT2D eigenvalue weighted by Crippen LogP contribution is -2.43. The van der Waals surface area contributed by atoms with Crippen LogP contribution in [-0.2, 0) is 27.2 Å². The van der Waals surface area contributed by atoms with Crippen LogP contribution in [0.5, 0.6) is 0 Å². The molecule has 38 heavy (non-hydrogen) atoms. The first-order chi connectivity index (χ1) is 18.4. The number of aromatic nitrogens is 8. The zero-order chi connectivity index (χ0) is 26.4. The molecule has 3 heterocycles. The second kappa shape index (κ2) is 9.27. The van der Waals surface area contributed by atoms with Crippen LogP contribution in [0.3, 0.4) is 0 Å². The molecule has 6 rings (SSSR count). The highest BCUT2D eigenvalue weighted by Gasteiger charge is 2.18. The second-order valence-corrected chi connectivity index (χ2v) is 9.37. The average Bonchev–Trinajstić information content (AvgIpc) is 3.47. The maximum Gasteiger partial charge on any atom is 0.355 e. The van der Waals surface area contributed by atoms with Crippen molar-refractivity contribution in [2.75, 3.05) is 5.32 Å². The summed E-state index contributed by atoms with van der Waals surface area (Å²) >= 11 is 6.54. The molecule has 1 N–H and O–H groups in total. The van der Waals surface area contributed by atoms with Crippen molar-refractivity contribution in [3.05, 3.63) is 105 Å². The molecule has 3 aromatic carbocycles. The summed E-state index contributed by atoms with van der Waals surface area (Å²) in [5.41, 5.74) is 0.839. The molecule has 0 saturated carbocycles. The van der Waals surface area contributed by atoms with E-state index in [4.69, 9.17) is 11.6 Å². The van der Waals surface area contributed by atoms with Crippen LogP contribution in [0, 0.1) is 0 Å². The number of hydrogen-bond acceptors (Lipinski definition) is 7. The van der Waals surface area contributed by atoms with Gasteiger partial charge in [-0.3, -0.25) is 13.9 Å². The highest BCUT2D eigenvalue weighted by molar-refractivity contribution is 6.34. The summed E-state index contributed by atoms with van der Waals surface area (Å²) in [6.45, 7) is 0.0575. The van der Waals surface area contributed by atoms with Gasteiger partial charge in [0.25, 0.3) is 0 Å². The summed E-state index contributed by atoms with van der Waals surface area (Å²) in [7, 11) is 3.53. The standard InChI is InChI=1S/C26H22ClN9O2/c1-33-12-18-10-22(20(27)11-21(18)31-33)29-24-30-25(37)36(14-23-28-15-34(2)32-23)26(38)35(24)13-17-8-5-7-16-6-3-4-9-19(16)17/h3-12,15H,13-14H2,1-2H3,(H,29,30,37). The fourth-order valence-electron chi connectivity index (χ4n) is 4.49. The van der Waals surface area contributed by atoms with Gasteiger partial charge in [-0.2, -0.15) is 15.2 Å². The Morgan fingerprint density at radius 2 is 1.71 bits per heavy atom. The van der Waals surface area contributed by atoms with Crippen LogP contribution in [0.1, 0.15) is 11.4 Å². The lowest BCUT2D eigenvalue weighted by atomic mass is 10.0. The van der Waals surface area contributed by atoms with E-state index in [9.17, 15) is 9.59 Å². The van der Waals surface area contributed by atoms with Gasteiger partial charge in [0.05, 0.1) is 29.3 Å². The highest BCUT2D eigenvalue weighted by atomic mass is 35.5. The number of nitrogens with zero attached hydrogens (tertiary/aromatic N) is 8. The Morgan fingerprint density at radius 1 is 0.895 bits per heavy atom. The molecule has 6 aromatic rings. The zero-order valence-corrected chi connectivity index (χ0v) is 21.3. The van der Waals surface area contributed by atoms with Gasteiger partial charge in [0.2, 0.25) is 5.95 Å². The van der Waals surface area contributed by atoms with Gasteiger partial charge < -0.3 is 5.32 Å². The Kier molecular flexibility index (Phi) is 5.76. The van der Waals surface area contributed by atoms with E-state index in [2.05, 4.69) is 25.5 Å². The van der Waals surface area contributed by atoms with Crippen LogP contribution in [0.4, 0.5) is 11.6 Å². The number of halogens is 1. The molecule has 0 saturated heterocycles. The Hall–Kier alpha value is -4.77. The molecular weight excluding hydrogens is 506 g/mol. The van der Waals surface area contributed by atoms with Gasteiger partial charge in [-0.15, -0.1) is 0 Å². The maximum absolute atomic E-state index is 13.8. The number of aryl methyl sites for hydroxylation is 2. The summed E-state index contributed by atoms with van der Waals surface area (Å²) < 4.78 is 5.65. The molecular formula is C26H22ClN9O2. The number of rotatable bonds is 6. The molecule has 0 radical (unpaired) electrons. The van der Waals surface area contributed by atoms with E-state index in [-0.39, 0.29) is 19.0 Å². The lowest BCUT2D eigenvalue weighted by molar-refractivity contribution is 0.574. The fraction of sp³-hybridized carbons (Fsp3) is 0.154. The van der Waals surface area contributed by atoms with Crippen molar-refractivity contribution in [1.29, 1.82) is 0 Å². The first-order valence-electron chi connectivity index (χ1n) is 11.8. The molecule has 0 aliphatic rings. The monoisotopic (exact) mass is 527 g/mol. The molecule has 11 nitrogen and oxygen atoms in total. The van der Waals surface area contributed by atoms with Crippen molar-refractivity contribution < 1.29 is 0 Å². The van der Waals surface area contributed by atoms with E-state index in [0.717, 1.165) is 31.8 Å². The number of anilines is 2. The summed E-state index contributed by atoms with van der Waals surface area (Å²) in [6.07, 6.45) is 3.36. The Bertz CT molecular complexity index is 1950. The van der Waals surface area contributed by atoms with E-state index < -0.39 is 11.4 Å². The van der Waals surface area contributed by atoms with Crippen molar-refractivity contribution in [3.63, 3.8) is 0 Å². The molecule has 12 heteroatoms. The van der Waals surface area contributed by atoms with Gasteiger partial charge in [-0.25, -0.2) is 19.1 Å². The highest BCUT2D eigenvalue weighted by Crippen LogP contribution is 2.29. The van der Waals surface area contributed by atoms with Gasteiger partial charge in [0.15, 0.2) is 5.82 Å². The van der Waals surface area contributed by atoms with Crippen molar-refractivity contribution in [2.24, 2.45) is 14.1 Å². The van der Waals surface area contributed by atoms with Crippen LogP contribution < -0.4 is 16.7 Å². The fourth-order valence-corrected chi connectivity index (χ4v) is 4.69. The van der Waals surface area contributed by atoms with E-state index in [0.29, 0.717) is 16.5 Å². The SMILES string of the molecule is Cn1cnc(Cn2c(=O)nc(Nc3cc4cn(C)nc4cc3Cl)n(Cc3cccc4ccccc34)c2=O)n1. The minimum atomic E-state index is -0.724. The largest absolute Gasteiger partial charge is 0.355 e. The minimum Gasteiger partial charge on any atom is -0.324 e. The zero-order valence-electron chi connectivity index (χ0n) is 20.5. The van der Waals surface area contributed by atoms with Gasteiger partial charge in [0.1, 0.15) is 6.33 Å². The topological polar surface area (TPSA) is 117 Å². The van der Waals surface area contributed by atoms with Crippen LogP contribution in [0.25, 0.3) is 21.7 Å². The number of fused-ring (bicyclic) bond motifs is 2. The molecule has 0 aliphatic heterocycles. The maximum atomic E-state index is 13.8. The predicted octanol–water partition coefficient (Wildman–Crippen LogP) is 3.07. The molecule has 0 unspecified atom stereocenters. The number of benzene rings is 3. The summed E-state index contributed by atoms with van der Waals surface area (Å²) in [5.74, 6) is 0.402. The Morgan fingerprint density at radius 3 is 2.53 bits per heavy atom. The third kappa shape index (κ3) is 4.33. The third-order valence-corrected chi connectivity index (χ3v) is 6.57. The van der Waals surface area contributed by atoms with Gasteiger partial charge in [-0.05, 0) is 28.5 Å².